The molecule has 1 amide bonds. The van der Waals surface area contributed by atoms with Crippen LogP contribution in [0.4, 0.5) is 0 Å². The Labute approximate surface area is 88.0 Å². The molecule has 0 aliphatic carbocycles. The van der Waals surface area contributed by atoms with Gasteiger partial charge in [-0.3, -0.25) is 9.69 Å². The summed E-state index contributed by atoms with van der Waals surface area (Å²) in [5.41, 5.74) is 0. The third kappa shape index (κ3) is 2.18. The monoisotopic (exact) mass is 210 g/mol. The van der Waals surface area contributed by atoms with Crippen molar-refractivity contribution in [3.05, 3.63) is 12.2 Å². The van der Waals surface area contributed by atoms with Crippen molar-refractivity contribution in [2.75, 3.05) is 26.2 Å². The highest BCUT2D eigenvalue weighted by molar-refractivity contribution is 5.94. The average Bonchev–Trinajstić information content (AvgIpc) is 2.02. The molecule has 5 nitrogen and oxygen atoms in total. The van der Waals surface area contributed by atoms with Gasteiger partial charge in [-0.1, -0.05) is 0 Å². The van der Waals surface area contributed by atoms with Gasteiger partial charge in [0.05, 0.1) is 0 Å². The number of hydrogen-bond donors (Lipinski definition) is 1. The normalized spacial score (nSPS) is 22.5. The molecule has 15 heavy (non-hydrogen) atoms. The molecule has 0 aromatic carbocycles. The summed E-state index contributed by atoms with van der Waals surface area (Å²) >= 11 is 0. The van der Waals surface area contributed by atoms with Gasteiger partial charge in [0, 0.05) is 31.3 Å². The molecule has 1 N–H and O–H groups in total. The van der Waals surface area contributed by atoms with Gasteiger partial charge in [-0.15, -0.1) is 0 Å². The molecule has 0 radical (unpaired) electrons. The SMILES string of the molecule is O=C(O)C=CC(=O)N1CC(N2CCC2)C1. The smallest absolute Gasteiger partial charge is 0.328 e. The van der Waals surface area contributed by atoms with E-state index in [1.165, 1.54) is 6.42 Å². The molecule has 2 aliphatic heterocycles. The highest BCUT2D eigenvalue weighted by Crippen LogP contribution is 2.20. The van der Waals surface area contributed by atoms with Crippen LogP contribution in [0, 0.1) is 0 Å². The molecule has 0 bridgehead atoms. The molecule has 0 unspecified atom stereocenters. The largest absolute Gasteiger partial charge is 0.478 e. The number of carbonyl (C=O) groups is 2. The fourth-order valence-corrected chi connectivity index (χ4v) is 1.82. The summed E-state index contributed by atoms with van der Waals surface area (Å²) in [6, 6.07) is 0.501. The van der Waals surface area contributed by atoms with Crippen LogP contribution in [0.25, 0.3) is 0 Å². The summed E-state index contributed by atoms with van der Waals surface area (Å²) < 4.78 is 0. The van der Waals surface area contributed by atoms with E-state index in [0.717, 1.165) is 38.3 Å². The first-order chi connectivity index (χ1) is 7.16. The Balaban J connectivity index is 1.73. The second-order valence-electron chi connectivity index (χ2n) is 3.96. The van der Waals surface area contributed by atoms with Crippen LogP contribution in [-0.4, -0.2) is 59.0 Å². The molecule has 2 rings (SSSR count). The Bertz CT molecular complexity index is 304. The minimum atomic E-state index is -1.08. The molecule has 0 saturated carbocycles. The summed E-state index contributed by atoms with van der Waals surface area (Å²) in [6.07, 6.45) is 3.26. The summed E-state index contributed by atoms with van der Waals surface area (Å²) in [4.78, 5) is 25.6. The highest BCUT2D eigenvalue weighted by Gasteiger charge is 2.35. The van der Waals surface area contributed by atoms with Crippen LogP contribution in [0.2, 0.25) is 0 Å². The van der Waals surface area contributed by atoms with E-state index in [9.17, 15) is 9.59 Å². The Morgan fingerprint density at radius 2 is 1.87 bits per heavy atom. The number of carbonyl (C=O) groups excluding carboxylic acids is 1. The molecule has 2 saturated heterocycles. The van der Waals surface area contributed by atoms with Crippen molar-refractivity contribution in [2.24, 2.45) is 0 Å². The lowest BCUT2D eigenvalue weighted by atomic mass is 10.0. The van der Waals surface area contributed by atoms with Gasteiger partial charge in [-0.25, -0.2) is 4.79 Å². The lowest BCUT2D eigenvalue weighted by Gasteiger charge is -2.48. The number of rotatable bonds is 3. The van der Waals surface area contributed by atoms with Gasteiger partial charge in [0.2, 0.25) is 5.91 Å². The van der Waals surface area contributed by atoms with Crippen LogP contribution in [-0.2, 0) is 9.59 Å². The maximum atomic E-state index is 11.4. The molecule has 2 heterocycles. The first-order valence-corrected chi connectivity index (χ1v) is 5.11. The van der Waals surface area contributed by atoms with Crippen LogP contribution in [0.1, 0.15) is 6.42 Å². The molecular weight excluding hydrogens is 196 g/mol. The minimum absolute atomic E-state index is 0.200. The first-order valence-electron chi connectivity index (χ1n) is 5.11. The molecule has 2 aliphatic rings. The van der Waals surface area contributed by atoms with Gasteiger partial charge in [-0.2, -0.15) is 0 Å². The Morgan fingerprint density at radius 3 is 2.33 bits per heavy atom. The summed E-state index contributed by atoms with van der Waals surface area (Å²) in [7, 11) is 0. The lowest BCUT2D eigenvalue weighted by Crippen LogP contribution is -2.63. The van der Waals surface area contributed by atoms with Gasteiger partial charge in [0.1, 0.15) is 0 Å². The molecular formula is C10H14N2O3. The van der Waals surface area contributed by atoms with Crippen molar-refractivity contribution in [1.29, 1.82) is 0 Å². The van der Waals surface area contributed by atoms with Gasteiger partial charge in [0.15, 0.2) is 0 Å². The van der Waals surface area contributed by atoms with Crippen LogP contribution in [0.5, 0.6) is 0 Å². The fourth-order valence-electron chi connectivity index (χ4n) is 1.82. The van der Waals surface area contributed by atoms with Gasteiger partial charge >= 0.3 is 5.97 Å². The number of carboxylic acids is 1. The summed E-state index contributed by atoms with van der Waals surface area (Å²) in [5.74, 6) is -1.28. The Morgan fingerprint density at radius 1 is 1.20 bits per heavy atom. The predicted octanol–water partition coefficient (Wildman–Crippen LogP) is -0.456. The number of nitrogens with zero attached hydrogens (tertiary/aromatic N) is 2. The zero-order chi connectivity index (χ0) is 10.8. The van der Waals surface area contributed by atoms with Gasteiger partial charge in [0.25, 0.3) is 0 Å². The van der Waals surface area contributed by atoms with E-state index in [1.54, 1.807) is 4.90 Å². The minimum Gasteiger partial charge on any atom is -0.478 e. The second kappa shape index (κ2) is 4.02. The molecule has 0 atom stereocenters. The van der Waals surface area contributed by atoms with Crippen LogP contribution in [0.3, 0.4) is 0 Å². The molecule has 5 heteroatoms. The molecule has 0 spiro atoms. The number of likely N-dealkylation sites (tertiary alicyclic amines) is 2. The zero-order valence-electron chi connectivity index (χ0n) is 8.43. The lowest BCUT2D eigenvalue weighted by molar-refractivity contribution is -0.135. The van der Waals surface area contributed by atoms with E-state index in [-0.39, 0.29) is 5.91 Å². The Kier molecular flexibility index (Phi) is 2.73. The standard InChI is InChI=1S/C10H14N2O3/c13-9(2-3-10(14)15)12-6-8(7-12)11-4-1-5-11/h2-3,8H,1,4-7H2,(H,14,15). The first kappa shape index (κ1) is 10.2. The third-order valence-electron chi connectivity index (χ3n) is 2.95. The highest BCUT2D eigenvalue weighted by atomic mass is 16.4. The van der Waals surface area contributed by atoms with Crippen LogP contribution in [0.15, 0.2) is 12.2 Å². The topological polar surface area (TPSA) is 60.9 Å². The molecule has 82 valence electrons. The third-order valence-corrected chi connectivity index (χ3v) is 2.95. The molecule has 2 fully saturated rings. The maximum Gasteiger partial charge on any atom is 0.328 e. The summed E-state index contributed by atoms with van der Waals surface area (Å²) in [5, 5.41) is 8.36. The number of hydrogen-bond acceptors (Lipinski definition) is 3. The second-order valence-corrected chi connectivity index (χ2v) is 3.96. The van der Waals surface area contributed by atoms with Gasteiger partial charge < -0.3 is 10.0 Å². The van der Waals surface area contributed by atoms with Gasteiger partial charge in [-0.05, 0) is 19.5 Å². The van der Waals surface area contributed by atoms with E-state index >= 15 is 0 Å². The van der Waals surface area contributed by atoms with Crippen molar-refractivity contribution in [2.45, 2.75) is 12.5 Å². The van der Waals surface area contributed by atoms with Crippen molar-refractivity contribution in [3.8, 4) is 0 Å². The van der Waals surface area contributed by atoms with E-state index < -0.39 is 5.97 Å². The number of amides is 1. The Hall–Kier alpha value is -1.36. The quantitative estimate of drug-likeness (QED) is 0.640. The van der Waals surface area contributed by atoms with Crippen molar-refractivity contribution >= 4 is 11.9 Å². The summed E-state index contributed by atoms with van der Waals surface area (Å²) in [6.45, 7) is 3.75. The van der Waals surface area contributed by atoms with E-state index in [1.807, 2.05) is 0 Å². The maximum absolute atomic E-state index is 11.4. The zero-order valence-corrected chi connectivity index (χ0v) is 8.43. The average molecular weight is 210 g/mol. The number of carboxylic acid groups (broad SMARTS) is 1. The van der Waals surface area contributed by atoms with E-state index in [0.29, 0.717) is 6.04 Å². The molecule has 0 aromatic heterocycles. The fraction of sp³-hybridized carbons (Fsp3) is 0.600. The molecule has 0 aromatic rings. The van der Waals surface area contributed by atoms with Crippen molar-refractivity contribution in [3.63, 3.8) is 0 Å². The van der Waals surface area contributed by atoms with Crippen molar-refractivity contribution < 1.29 is 14.7 Å². The predicted molar refractivity (Wildman–Crippen MR) is 53.3 cm³/mol. The van der Waals surface area contributed by atoms with E-state index in [4.69, 9.17) is 5.11 Å². The van der Waals surface area contributed by atoms with Crippen LogP contribution >= 0.6 is 0 Å². The van der Waals surface area contributed by atoms with E-state index in [2.05, 4.69) is 4.90 Å². The number of aliphatic carboxylic acids is 1. The van der Waals surface area contributed by atoms with Crippen molar-refractivity contribution in [1.82, 2.24) is 9.80 Å². The van der Waals surface area contributed by atoms with Crippen LogP contribution < -0.4 is 0 Å².